The first-order valence-corrected chi connectivity index (χ1v) is 7.69. The third-order valence-corrected chi connectivity index (χ3v) is 4.76. The van der Waals surface area contributed by atoms with Gasteiger partial charge in [0.2, 0.25) is 0 Å². The van der Waals surface area contributed by atoms with E-state index in [0.29, 0.717) is 6.04 Å². The molecule has 106 valence electrons. The molecule has 1 aromatic rings. The summed E-state index contributed by atoms with van der Waals surface area (Å²) in [7, 11) is 0. The fourth-order valence-corrected chi connectivity index (χ4v) is 3.62. The van der Waals surface area contributed by atoms with Gasteiger partial charge < -0.3 is 10.0 Å². The lowest BCUT2D eigenvalue weighted by molar-refractivity contribution is -0.0324. The van der Waals surface area contributed by atoms with E-state index in [0.717, 1.165) is 45.3 Å². The van der Waals surface area contributed by atoms with Gasteiger partial charge in [0, 0.05) is 32.0 Å². The zero-order valence-electron chi connectivity index (χ0n) is 11.7. The van der Waals surface area contributed by atoms with Crippen LogP contribution in [0.4, 0.5) is 0 Å². The van der Waals surface area contributed by atoms with Gasteiger partial charge in [-0.05, 0) is 31.7 Å². The third kappa shape index (κ3) is 3.18. The Morgan fingerprint density at radius 2 is 1.89 bits per heavy atom. The molecule has 0 bridgehead atoms. The molecule has 0 amide bonds. The number of aromatic nitrogens is 2. The van der Waals surface area contributed by atoms with Crippen LogP contribution in [0.25, 0.3) is 0 Å². The summed E-state index contributed by atoms with van der Waals surface area (Å²) in [6, 6.07) is 2.55. The smallest absolute Gasteiger partial charge is 0.0774 e. The fourth-order valence-electron chi connectivity index (χ4n) is 3.62. The SMILES string of the molecule is OC1(CN2CCC(n3cccn3)CC2)CCCCC1. The van der Waals surface area contributed by atoms with Crippen molar-refractivity contribution in [1.29, 1.82) is 0 Å². The van der Waals surface area contributed by atoms with Crippen LogP contribution >= 0.6 is 0 Å². The predicted octanol–water partition coefficient (Wildman–Crippen LogP) is 2.22. The van der Waals surface area contributed by atoms with Crippen molar-refractivity contribution in [3.63, 3.8) is 0 Å². The van der Waals surface area contributed by atoms with E-state index in [-0.39, 0.29) is 0 Å². The molecule has 2 fully saturated rings. The van der Waals surface area contributed by atoms with Gasteiger partial charge in [-0.1, -0.05) is 19.3 Å². The minimum absolute atomic E-state index is 0.406. The average Bonchev–Trinajstić information content (AvgIpc) is 2.94. The first-order chi connectivity index (χ1) is 9.25. The highest BCUT2D eigenvalue weighted by molar-refractivity contribution is 4.89. The van der Waals surface area contributed by atoms with Crippen LogP contribution in [-0.4, -0.2) is 45.0 Å². The van der Waals surface area contributed by atoms with E-state index in [9.17, 15) is 5.11 Å². The Labute approximate surface area is 115 Å². The molecule has 0 atom stereocenters. The Bertz CT molecular complexity index is 376. The van der Waals surface area contributed by atoms with Gasteiger partial charge in [0.1, 0.15) is 0 Å². The minimum atomic E-state index is -0.406. The van der Waals surface area contributed by atoms with Crippen LogP contribution in [0.2, 0.25) is 0 Å². The highest BCUT2D eigenvalue weighted by Gasteiger charge is 2.32. The van der Waals surface area contributed by atoms with Crippen molar-refractivity contribution in [2.75, 3.05) is 19.6 Å². The van der Waals surface area contributed by atoms with Gasteiger partial charge in [0.05, 0.1) is 11.6 Å². The van der Waals surface area contributed by atoms with Crippen molar-refractivity contribution in [2.45, 2.75) is 56.6 Å². The van der Waals surface area contributed by atoms with Gasteiger partial charge in [0.25, 0.3) is 0 Å². The van der Waals surface area contributed by atoms with Crippen LogP contribution < -0.4 is 0 Å². The summed E-state index contributed by atoms with van der Waals surface area (Å²) in [5.41, 5.74) is -0.406. The van der Waals surface area contributed by atoms with Gasteiger partial charge >= 0.3 is 0 Å². The Morgan fingerprint density at radius 1 is 1.16 bits per heavy atom. The van der Waals surface area contributed by atoms with Gasteiger partial charge in [-0.25, -0.2) is 0 Å². The minimum Gasteiger partial charge on any atom is -0.389 e. The van der Waals surface area contributed by atoms with Gasteiger partial charge in [-0.2, -0.15) is 5.10 Å². The maximum atomic E-state index is 10.6. The lowest BCUT2D eigenvalue weighted by atomic mass is 9.84. The second kappa shape index (κ2) is 5.63. The lowest BCUT2D eigenvalue weighted by Gasteiger charge is -2.40. The monoisotopic (exact) mass is 263 g/mol. The van der Waals surface area contributed by atoms with Crippen LogP contribution in [0.5, 0.6) is 0 Å². The van der Waals surface area contributed by atoms with Crippen LogP contribution in [0, 0.1) is 0 Å². The normalized spacial score (nSPS) is 25.5. The van der Waals surface area contributed by atoms with Crippen LogP contribution in [-0.2, 0) is 0 Å². The molecular formula is C15H25N3O. The zero-order valence-corrected chi connectivity index (χ0v) is 11.7. The van der Waals surface area contributed by atoms with Crippen molar-refractivity contribution < 1.29 is 5.11 Å². The van der Waals surface area contributed by atoms with Gasteiger partial charge in [-0.15, -0.1) is 0 Å². The number of hydrogen-bond acceptors (Lipinski definition) is 3. The fraction of sp³-hybridized carbons (Fsp3) is 0.800. The summed E-state index contributed by atoms with van der Waals surface area (Å²) in [6.07, 6.45) is 11.9. The standard InChI is InChI=1S/C15H25N3O/c19-15(7-2-1-3-8-15)13-17-11-5-14(6-12-17)18-10-4-9-16-18/h4,9-10,14,19H,1-3,5-8,11-13H2. The highest BCUT2D eigenvalue weighted by Crippen LogP contribution is 2.30. The van der Waals surface area contributed by atoms with E-state index in [2.05, 4.69) is 20.9 Å². The predicted molar refractivity (Wildman–Crippen MR) is 75.0 cm³/mol. The molecule has 4 heteroatoms. The molecule has 0 radical (unpaired) electrons. The highest BCUT2D eigenvalue weighted by atomic mass is 16.3. The molecule has 2 aliphatic rings. The summed E-state index contributed by atoms with van der Waals surface area (Å²) < 4.78 is 2.09. The maximum Gasteiger partial charge on any atom is 0.0774 e. The maximum absolute atomic E-state index is 10.6. The zero-order chi connectivity index (χ0) is 13.1. The molecular weight excluding hydrogens is 238 g/mol. The summed E-state index contributed by atoms with van der Waals surface area (Å²) in [5.74, 6) is 0. The second-order valence-corrected chi connectivity index (χ2v) is 6.28. The number of hydrogen-bond donors (Lipinski definition) is 1. The summed E-state index contributed by atoms with van der Waals surface area (Å²) in [5, 5.41) is 15.0. The second-order valence-electron chi connectivity index (χ2n) is 6.28. The van der Waals surface area contributed by atoms with E-state index in [1.807, 2.05) is 12.3 Å². The Hall–Kier alpha value is -0.870. The Balaban J connectivity index is 1.50. The Kier molecular flexibility index (Phi) is 3.89. The molecule has 1 aliphatic carbocycles. The van der Waals surface area contributed by atoms with Crippen molar-refractivity contribution >= 4 is 0 Å². The Morgan fingerprint density at radius 3 is 2.53 bits per heavy atom. The summed E-state index contributed by atoms with van der Waals surface area (Å²) in [4.78, 5) is 2.45. The number of β-amino-alcohol motifs (C(OH)–C–C–N with tert-alkyl or cyclic N) is 1. The molecule has 1 aromatic heterocycles. The van der Waals surface area contributed by atoms with E-state index in [4.69, 9.17) is 0 Å². The van der Waals surface area contributed by atoms with Crippen molar-refractivity contribution in [3.05, 3.63) is 18.5 Å². The first kappa shape index (κ1) is 13.1. The average molecular weight is 263 g/mol. The number of likely N-dealkylation sites (tertiary alicyclic amines) is 1. The molecule has 0 aromatic carbocycles. The van der Waals surface area contributed by atoms with Crippen LogP contribution in [0.15, 0.2) is 18.5 Å². The number of aliphatic hydroxyl groups is 1. The quantitative estimate of drug-likeness (QED) is 0.909. The molecule has 1 saturated carbocycles. The lowest BCUT2D eigenvalue weighted by Crippen LogP contribution is -2.47. The number of rotatable bonds is 3. The van der Waals surface area contributed by atoms with E-state index in [1.165, 1.54) is 19.3 Å². The molecule has 4 nitrogen and oxygen atoms in total. The van der Waals surface area contributed by atoms with Crippen molar-refractivity contribution in [2.24, 2.45) is 0 Å². The molecule has 1 N–H and O–H groups in total. The van der Waals surface area contributed by atoms with Crippen molar-refractivity contribution in [1.82, 2.24) is 14.7 Å². The van der Waals surface area contributed by atoms with E-state index < -0.39 is 5.60 Å². The van der Waals surface area contributed by atoms with Gasteiger partial charge in [0.15, 0.2) is 0 Å². The van der Waals surface area contributed by atoms with Gasteiger partial charge in [-0.3, -0.25) is 4.68 Å². The van der Waals surface area contributed by atoms with Crippen LogP contribution in [0.3, 0.4) is 0 Å². The molecule has 0 unspecified atom stereocenters. The molecule has 2 heterocycles. The molecule has 19 heavy (non-hydrogen) atoms. The van der Waals surface area contributed by atoms with Crippen molar-refractivity contribution in [3.8, 4) is 0 Å². The molecule has 3 rings (SSSR count). The first-order valence-electron chi connectivity index (χ1n) is 7.69. The van der Waals surface area contributed by atoms with E-state index >= 15 is 0 Å². The van der Waals surface area contributed by atoms with E-state index in [1.54, 1.807) is 0 Å². The van der Waals surface area contributed by atoms with Crippen LogP contribution in [0.1, 0.15) is 51.0 Å². The number of nitrogens with zero attached hydrogens (tertiary/aromatic N) is 3. The summed E-state index contributed by atoms with van der Waals surface area (Å²) in [6.45, 7) is 3.05. The molecule has 1 aliphatic heterocycles. The largest absolute Gasteiger partial charge is 0.389 e. The number of piperidine rings is 1. The molecule has 0 spiro atoms. The third-order valence-electron chi connectivity index (χ3n) is 4.76. The topological polar surface area (TPSA) is 41.3 Å². The summed E-state index contributed by atoms with van der Waals surface area (Å²) >= 11 is 0. The molecule has 1 saturated heterocycles.